The zero-order chi connectivity index (χ0) is 13.4. The van der Waals surface area contributed by atoms with Crippen molar-refractivity contribution in [3.63, 3.8) is 0 Å². The standard InChI is InChI=1S/C15H22NOP/c1-8-9(2)11(4)15-13(10(8)3)6-14(16-15)12(5)17-7-18/h6,12,16H,7,18H2,1-5H3. The quantitative estimate of drug-likeness (QED) is 0.820. The number of H-pyrrole nitrogens is 1. The largest absolute Gasteiger partial charge is 0.368 e. The Balaban J connectivity index is 2.64. The summed E-state index contributed by atoms with van der Waals surface area (Å²) in [6.45, 7) is 10.9. The fourth-order valence-corrected chi connectivity index (χ4v) is 2.76. The Morgan fingerprint density at radius 3 is 2.33 bits per heavy atom. The molecule has 0 amide bonds. The molecule has 0 spiro atoms. The molecule has 18 heavy (non-hydrogen) atoms. The lowest BCUT2D eigenvalue weighted by atomic mass is 9.96. The Bertz CT molecular complexity index is 541. The highest BCUT2D eigenvalue weighted by Gasteiger charge is 2.14. The van der Waals surface area contributed by atoms with Gasteiger partial charge in [0.2, 0.25) is 0 Å². The molecule has 0 saturated heterocycles. The Hall–Kier alpha value is -0.850. The van der Waals surface area contributed by atoms with Gasteiger partial charge in [0.1, 0.15) is 0 Å². The van der Waals surface area contributed by atoms with Gasteiger partial charge in [-0.25, -0.2) is 0 Å². The van der Waals surface area contributed by atoms with Crippen molar-refractivity contribution in [2.45, 2.75) is 40.7 Å². The van der Waals surface area contributed by atoms with Crippen molar-refractivity contribution in [1.82, 2.24) is 4.98 Å². The lowest BCUT2D eigenvalue weighted by Gasteiger charge is -2.10. The van der Waals surface area contributed by atoms with Crippen LogP contribution in [0, 0.1) is 27.7 Å². The number of hydrogen-bond donors (Lipinski definition) is 1. The molecule has 98 valence electrons. The maximum absolute atomic E-state index is 5.63. The summed E-state index contributed by atoms with van der Waals surface area (Å²) < 4.78 is 5.63. The summed E-state index contributed by atoms with van der Waals surface area (Å²) in [6.07, 6.45) is 0.765. The first-order valence-electron chi connectivity index (χ1n) is 6.38. The van der Waals surface area contributed by atoms with Crippen LogP contribution in [0.5, 0.6) is 0 Å². The van der Waals surface area contributed by atoms with Crippen molar-refractivity contribution < 1.29 is 4.74 Å². The maximum Gasteiger partial charge on any atom is 0.0949 e. The summed E-state index contributed by atoms with van der Waals surface area (Å²) >= 11 is 0. The number of ether oxygens (including phenoxy) is 1. The van der Waals surface area contributed by atoms with E-state index in [9.17, 15) is 0 Å². The van der Waals surface area contributed by atoms with E-state index < -0.39 is 0 Å². The molecular formula is C15H22NOP. The van der Waals surface area contributed by atoms with Crippen molar-refractivity contribution in [1.29, 1.82) is 0 Å². The molecule has 0 aliphatic rings. The molecule has 0 aliphatic heterocycles. The first-order chi connectivity index (χ1) is 8.47. The van der Waals surface area contributed by atoms with Gasteiger partial charge in [-0.3, -0.25) is 0 Å². The third kappa shape index (κ3) is 2.08. The predicted octanol–water partition coefficient (Wildman–Crippen LogP) is 4.31. The van der Waals surface area contributed by atoms with E-state index in [2.05, 4.69) is 54.9 Å². The van der Waals surface area contributed by atoms with Gasteiger partial charge in [-0.15, -0.1) is 9.24 Å². The van der Waals surface area contributed by atoms with Gasteiger partial charge >= 0.3 is 0 Å². The lowest BCUT2D eigenvalue weighted by molar-refractivity contribution is 0.103. The van der Waals surface area contributed by atoms with E-state index in [1.807, 2.05) is 0 Å². The molecular weight excluding hydrogens is 241 g/mol. The molecule has 2 nitrogen and oxygen atoms in total. The Labute approximate surface area is 111 Å². The van der Waals surface area contributed by atoms with Crippen LogP contribution in [0.1, 0.15) is 41.0 Å². The molecule has 0 bridgehead atoms. The average Bonchev–Trinajstić information content (AvgIpc) is 2.79. The molecule has 0 saturated carbocycles. The van der Waals surface area contributed by atoms with E-state index in [-0.39, 0.29) is 6.10 Å². The molecule has 3 heteroatoms. The van der Waals surface area contributed by atoms with Crippen LogP contribution < -0.4 is 0 Å². The zero-order valence-electron chi connectivity index (χ0n) is 11.8. The molecule has 2 rings (SSSR count). The molecule has 2 unspecified atom stereocenters. The molecule has 1 aromatic carbocycles. The summed E-state index contributed by atoms with van der Waals surface area (Å²) in [5, 5.41) is 1.32. The van der Waals surface area contributed by atoms with Crippen LogP contribution in [0.3, 0.4) is 0 Å². The van der Waals surface area contributed by atoms with E-state index in [4.69, 9.17) is 4.74 Å². The van der Waals surface area contributed by atoms with Gasteiger partial charge in [-0.1, -0.05) is 0 Å². The van der Waals surface area contributed by atoms with Gasteiger partial charge in [0, 0.05) is 16.6 Å². The number of aryl methyl sites for hydroxylation is 2. The van der Waals surface area contributed by atoms with E-state index in [0.717, 1.165) is 5.69 Å². The van der Waals surface area contributed by atoms with Gasteiger partial charge < -0.3 is 9.72 Å². The van der Waals surface area contributed by atoms with E-state index in [0.29, 0.717) is 6.35 Å². The molecule has 0 radical (unpaired) electrons. The smallest absolute Gasteiger partial charge is 0.0949 e. The first-order valence-corrected chi connectivity index (χ1v) is 7.19. The molecule has 1 heterocycles. The highest BCUT2D eigenvalue weighted by atomic mass is 31.0. The number of aromatic nitrogens is 1. The van der Waals surface area contributed by atoms with Crippen molar-refractivity contribution in [3.8, 4) is 0 Å². The van der Waals surface area contributed by atoms with E-state index in [1.165, 1.54) is 33.2 Å². The van der Waals surface area contributed by atoms with Gasteiger partial charge in [0.05, 0.1) is 12.5 Å². The second kappa shape index (κ2) is 5.03. The summed E-state index contributed by atoms with van der Waals surface area (Å²) in [6, 6.07) is 2.23. The minimum Gasteiger partial charge on any atom is -0.368 e. The second-order valence-electron chi connectivity index (χ2n) is 4.99. The molecule has 1 aromatic heterocycles. The highest BCUT2D eigenvalue weighted by molar-refractivity contribution is 7.16. The van der Waals surface area contributed by atoms with Gasteiger partial charge in [0.25, 0.3) is 0 Å². The maximum atomic E-state index is 5.63. The molecule has 2 atom stereocenters. The number of aromatic amines is 1. The van der Waals surface area contributed by atoms with Crippen LogP contribution in [-0.4, -0.2) is 11.3 Å². The fraction of sp³-hybridized carbons (Fsp3) is 0.467. The minimum atomic E-state index is 0.106. The van der Waals surface area contributed by atoms with Gasteiger partial charge in [0.15, 0.2) is 0 Å². The summed E-state index contributed by atoms with van der Waals surface area (Å²) in [4.78, 5) is 3.52. The zero-order valence-corrected chi connectivity index (χ0v) is 13.0. The van der Waals surface area contributed by atoms with Crippen LogP contribution in [0.15, 0.2) is 6.07 Å². The topological polar surface area (TPSA) is 25.0 Å². The normalized spacial score (nSPS) is 13.2. The Morgan fingerprint density at radius 2 is 1.72 bits per heavy atom. The number of fused-ring (bicyclic) bond motifs is 1. The van der Waals surface area contributed by atoms with Crippen molar-refractivity contribution >= 4 is 20.1 Å². The second-order valence-corrected chi connectivity index (χ2v) is 5.32. The third-order valence-corrected chi connectivity index (χ3v) is 4.28. The van der Waals surface area contributed by atoms with Crippen molar-refractivity contribution in [2.24, 2.45) is 0 Å². The van der Waals surface area contributed by atoms with Crippen LogP contribution in [0.25, 0.3) is 10.9 Å². The number of hydrogen-bond acceptors (Lipinski definition) is 1. The van der Waals surface area contributed by atoms with Crippen LogP contribution in [0.4, 0.5) is 0 Å². The van der Waals surface area contributed by atoms with Crippen LogP contribution in [-0.2, 0) is 4.74 Å². The average molecular weight is 263 g/mol. The van der Waals surface area contributed by atoms with E-state index >= 15 is 0 Å². The Kier molecular flexibility index (Phi) is 3.79. The highest BCUT2D eigenvalue weighted by Crippen LogP contribution is 2.31. The Morgan fingerprint density at radius 1 is 1.11 bits per heavy atom. The minimum absolute atomic E-state index is 0.106. The summed E-state index contributed by atoms with van der Waals surface area (Å²) in [7, 11) is 2.60. The third-order valence-electron chi connectivity index (χ3n) is 4.09. The molecule has 2 aromatic rings. The van der Waals surface area contributed by atoms with Gasteiger partial charge in [-0.05, 0) is 62.9 Å². The van der Waals surface area contributed by atoms with Gasteiger partial charge in [-0.2, -0.15) is 0 Å². The molecule has 1 N–H and O–H groups in total. The van der Waals surface area contributed by atoms with Crippen molar-refractivity contribution in [2.75, 3.05) is 6.35 Å². The summed E-state index contributed by atoms with van der Waals surface area (Å²) in [5.74, 6) is 0. The number of benzene rings is 1. The predicted molar refractivity (Wildman–Crippen MR) is 81.3 cm³/mol. The molecule has 0 fully saturated rings. The lowest BCUT2D eigenvalue weighted by Crippen LogP contribution is -1.98. The number of rotatable bonds is 3. The fourth-order valence-electron chi connectivity index (χ4n) is 2.47. The van der Waals surface area contributed by atoms with Crippen LogP contribution >= 0.6 is 9.24 Å². The van der Waals surface area contributed by atoms with E-state index in [1.54, 1.807) is 0 Å². The molecule has 0 aliphatic carbocycles. The summed E-state index contributed by atoms with van der Waals surface area (Å²) in [5.41, 5.74) is 7.90. The SMILES string of the molecule is Cc1c(C)c(C)c2[nH]c(C(C)OCP)cc2c1C. The van der Waals surface area contributed by atoms with Crippen LogP contribution in [0.2, 0.25) is 0 Å². The first kappa shape index (κ1) is 13.6. The monoisotopic (exact) mass is 263 g/mol. The number of nitrogens with one attached hydrogen (secondary N) is 1. The van der Waals surface area contributed by atoms with Crippen molar-refractivity contribution in [3.05, 3.63) is 34.0 Å².